The summed E-state index contributed by atoms with van der Waals surface area (Å²) in [6.45, 7) is 2.48. The molecule has 2 heterocycles. The lowest BCUT2D eigenvalue weighted by molar-refractivity contribution is -0.118. The van der Waals surface area contributed by atoms with Gasteiger partial charge in [-0.1, -0.05) is 24.3 Å². The fourth-order valence-corrected chi connectivity index (χ4v) is 6.56. The molecule has 0 spiro atoms. The Bertz CT molecular complexity index is 1400. The van der Waals surface area contributed by atoms with Gasteiger partial charge in [0, 0.05) is 18.2 Å². The molecule has 2 fully saturated rings. The van der Waals surface area contributed by atoms with E-state index in [1.807, 2.05) is 13.0 Å². The van der Waals surface area contributed by atoms with Crippen LogP contribution in [0.25, 0.3) is 11.3 Å². The van der Waals surface area contributed by atoms with Crippen LogP contribution in [0.5, 0.6) is 11.5 Å². The second kappa shape index (κ2) is 9.22. The van der Waals surface area contributed by atoms with Crippen molar-refractivity contribution in [2.45, 2.75) is 49.0 Å². The van der Waals surface area contributed by atoms with E-state index in [2.05, 4.69) is 10.3 Å². The number of sulfonamides is 1. The molecule has 188 valence electrons. The SMILES string of the molecule is COc1ccc(C2(C(=O)Nc3cccc(-c4ccc(S(=O)(=O)N5CCC[C@@H]5C)cc4)n3)CC2)cc1O. The number of nitrogens with one attached hydrogen (secondary N) is 1. The van der Waals surface area contributed by atoms with Gasteiger partial charge in [0.1, 0.15) is 5.82 Å². The Morgan fingerprint density at radius 3 is 2.50 bits per heavy atom. The number of ether oxygens (including phenoxy) is 1. The number of nitrogens with zero attached hydrogens (tertiary/aromatic N) is 2. The second-order valence-electron chi connectivity index (χ2n) is 9.46. The highest BCUT2D eigenvalue weighted by Gasteiger charge is 2.51. The second-order valence-corrected chi connectivity index (χ2v) is 11.4. The van der Waals surface area contributed by atoms with E-state index in [1.54, 1.807) is 58.9 Å². The number of anilines is 1. The first kappa shape index (κ1) is 24.3. The summed E-state index contributed by atoms with van der Waals surface area (Å²) in [7, 11) is -2.04. The number of aromatic nitrogens is 1. The van der Waals surface area contributed by atoms with Gasteiger partial charge in [-0.25, -0.2) is 13.4 Å². The first-order chi connectivity index (χ1) is 17.2. The van der Waals surface area contributed by atoms with Gasteiger partial charge in [-0.05, 0) is 74.6 Å². The van der Waals surface area contributed by atoms with Crippen LogP contribution in [0, 0.1) is 0 Å². The van der Waals surface area contributed by atoms with Gasteiger partial charge < -0.3 is 15.2 Å². The standard InChI is InChI=1S/C27H29N3O5S/c1-18-5-4-16-30(18)36(33,34)21-11-8-19(9-12-21)22-6-3-7-25(28-22)29-26(32)27(14-15-27)20-10-13-24(35-2)23(31)17-20/h3,6-13,17-18,31H,4-5,14-16H2,1-2H3,(H,28,29,32)/t18-/m0/s1. The zero-order valence-electron chi connectivity index (χ0n) is 20.3. The summed E-state index contributed by atoms with van der Waals surface area (Å²) in [5, 5.41) is 13.1. The van der Waals surface area contributed by atoms with E-state index < -0.39 is 15.4 Å². The number of carbonyl (C=O) groups excluding carboxylic acids is 1. The van der Waals surface area contributed by atoms with Gasteiger partial charge in [0.15, 0.2) is 11.5 Å². The van der Waals surface area contributed by atoms with Gasteiger partial charge in [-0.3, -0.25) is 4.79 Å². The number of phenols is 1. The van der Waals surface area contributed by atoms with Crippen LogP contribution in [0.3, 0.4) is 0 Å². The van der Waals surface area contributed by atoms with Gasteiger partial charge in [0.25, 0.3) is 0 Å². The van der Waals surface area contributed by atoms with Crippen LogP contribution in [0.4, 0.5) is 5.82 Å². The van der Waals surface area contributed by atoms with E-state index in [1.165, 1.54) is 7.11 Å². The van der Waals surface area contributed by atoms with Crippen LogP contribution < -0.4 is 10.1 Å². The van der Waals surface area contributed by atoms with Crippen LogP contribution in [0.1, 0.15) is 38.2 Å². The van der Waals surface area contributed by atoms with Crippen LogP contribution in [-0.2, 0) is 20.2 Å². The molecular weight excluding hydrogens is 478 g/mol. The topological polar surface area (TPSA) is 109 Å². The molecule has 0 radical (unpaired) electrons. The summed E-state index contributed by atoms with van der Waals surface area (Å²) < 4.78 is 32.6. The minimum Gasteiger partial charge on any atom is -0.504 e. The Morgan fingerprint density at radius 1 is 1.14 bits per heavy atom. The zero-order valence-corrected chi connectivity index (χ0v) is 21.1. The molecule has 9 heteroatoms. The van der Waals surface area contributed by atoms with Crippen molar-refractivity contribution in [1.29, 1.82) is 0 Å². The zero-order chi connectivity index (χ0) is 25.5. The molecule has 2 aromatic carbocycles. The number of rotatable bonds is 7. The minimum atomic E-state index is -3.52. The monoisotopic (exact) mass is 507 g/mol. The van der Waals surface area contributed by atoms with Crippen molar-refractivity contribution in [1.82, 2.24) is 9.29 Å². The Hall–Kier alpha value is -3.43. The lowest BCUT2D eigenvalue weighted by Crippen LogP contribution is -2.33. The predicted octanol–water partition coefficient (Wildman–Crippen LogP) is 4.31. The van der Waals surface area contributed by atoms with Gasteiger partial charge in [-0.2, -0.15) is 4.31 Å². The number of carbonyl (C=O) groups is 1. The summed E-state index contributed by atoms with van der Waals surface area (Å²) in [5.74, 6) is 0.582. The summed E-state index contributed by atoms with van der Waals surface area (Å²) in [6.07, 6.45) is 3.11. The molecule has 2 aliphatic rings. The van der Waals surface area contributed by atoms with Crippen LogP contribution in [0.2, 0.25) is 0 Å². The third kappa shape index (κ3) is 4.33. The van der Waals surface area contributed by atoms with Crippen molar-refractivity contribution in [3.05, 3.63) is 66.2 Å². The molecule has 1 aromatic heterocycles. The maximum atomic E-state index is 13.2. The summed E-state index contributed by atoms with van der Waals surface area (Å²) in [6, 6.07) is 17.1. The molecule has 1 amide bonds. The number of benzene rings is 2. The third-order valence-electron chi connectivity index (χ3n) is 7.16. The molecule has 1 saturated heterocycles. The Balaban J connectivity index is 1.33. The Kier molecular flexibility index (Phi) is 6.22. The van der Waals surface area contributed by atoms with Crippen LogP contribution in [0.15, 0.2) is 65.6 Å². The smallest absolute Gasteiger partial charge is 0.243 e. The summed E-state index contributed by atoms with van der Waals surface area (Å²) in [5.41, 5.74) is 1.40. The van der Waals surface area contributed by atoms with Crippen LogP contribution in [-0.4, -0.2) is 48.4 Å². The highest BCUT2D eigenvalue weighted by Crippen LogP contribution is 2.50. The average molecular weight is 508 g/mol. The fraction of sp³-hybridized carbons (Fsp3) is 0.333. The molecule has 5 rings (SSSR count). The van der Waals surface area contributed by atoms with Crippen molar-refractivity contribution < 1.29 is 23.1 Å². The summed E-state index contributed by atoms with van der Waals surface area (Å²) in [4.78, 5) is 18.0. The molecule has 0 bridgehead atoms. The number of methoxy groups -OCH3 is 1. The molecule has 8 nitrogen and oxygen atoms in total. The molecule has 0 unspecified atom stereocenters. The largest absolute Gasteiger partial charge is 0.504 e. The molecule has 3 aromatic rings. The lowest BCUT2D eigenvalue weighted by atomic mass is 9.94. The van der Waals surface area contributed by atoms with Crippen molar-refractivity contribution in [3.8, 4) is 22.8 Å². The van der Waals surface area contributed by atoms with Gasteiger partial charge >= 0.3 is 0 Å². The normalized spacial score (nSPS) is 19.1. The quantitative estimate of drug-likeness (QED) is 0.493. The van der Waals surface area contributed by atoms with E-state index in [0.29, 0.717) is 36.6 Å². The van der Waals surface area contributed by atoms with Crippen molar-refractivity contribution in [2.75, 3.05) is 19.0 Å². The Morgan fingerprint density at radius 2 is 1.89 bits per heavy atom. The molecule has 1 atom stereocenters. The molecule has 2 N–H and O–H groups in total. The van der Waals surface area contributed by atoms with Crippen molar-refractivity contribution in [2.24, 2.45) is 0 Å². The number of hydrogen-bond donors (Lipinski definition) is 2. The number of hydrogen-bond acceptors (Lipinski definition) is 6. The number of amides is 1. The minimum absolute atomic E-state index is 0.00107. The highest BCUT2D eigenvalue weighted by atomic mass is 32.2. The van der Waals surface area contributed by atoms with E-state index in [4.69, 9.17) is 4.74 Å². The first-order valence-corrected chi connectivity index (χ1v) is 13.5. The summed E-state index contributed by atoms with van der Waals surface area (Å²) >= 11 is 0. The van der Waals surface area contributed by atoms with E-state index in [9.17, 15) is 18.3 Å². The molecule has 36 heavy (non-hydrogen) atoms. The van der Waals surface area contributed by atoms with Gasteiger partial charge in [0.2, 0.25) is 15.9 Å². The molecule has 1 saturated carbocycles. The first-order valence-electron chi connectivity index (χ1n) is 12.0. The third-order valence-corrected chi connectivity index (χ3v) is 9.18. The van der Waals surface area contributed by atoms with Crippen molar-refractivity contribution in [3.63, 3.8) is 0 Å². The fourth-order valence-electron chi connectivity index (χ4n) is 4.86. The maximum absolute atomic E-state index is 13.2. The highest BCUT2D eigenvalue weighted by molar-refractivity contribution is 7.89. The van der Waals surface area contributed by atoms with E-state index in [-0.39, 0.29) is 22.6 Å². The maximum Gasteiger partial charge on any atom is 0.243 e. The molecule has 1 aliphatic heterocycles. The van der Waals surface area contributed by atoms with E-state index in [0.717, 1.165) is 24.0 Å². The van der Waals surface area contributed by atoms with Crippen LogP contribution >= 0.6 is 0 Å². The number of phenolic OH excluding ortho intramolecular Hbond substituents is 1. The average Bonchev–Trinajstić information content (AvgIpc) is 3.58. The number of pyridine rings is 1. The Labute approximate surface area is 211 Å². The lowest BCUT2D eigenvalue weighted by Gasteiger charge is -2.21. The molecule has 1 aliphatic carbocycles. The van der Waals surface area contributed by atoms with Crippen molar-refractivity contribution >= 4 is 21.7 Å². The predicted molar refractivity (Wildman–Crippen MR) is 136 cm³/mol. The van der Waals surface area contributed by atoms with Gasteiger partial charge in [-0.15, -0.1) is 0 Å². The van der Waals surface area contributed by atoms with E-state index >= 15 is 0 Å². The van der Waals surface area contributed by atoms with Gasteiger partial charge in [0.05, 0.1) is 23.1 Å². The number of aromatic hydroxyl groups is 1. The molecular formula is C27H29N3O5S.